The highest BCUT2D eigenvalue weighted by Gasteiger charge is 2.04. The number of ether oxygens (including phenoxy) is 1. The first-order valence-electron chi connectivity index (χ1n) is 5.15. The zero-order chi connectivity index (χ0) is 13.1. The lowest BCUT2D eigenvalue weighted by molar-refractivity contribution is 0.177. The minimum Gasteiger partial charge on any atom is -0.377 e. The van der Waals surface area contributed by atoms with E-state index >= 15 is 0 Å². The molecule has 1 aromatic carbocycles. The number of aromatic amines is 1. The Hall–Kier alpha value is -0.940. The topological polar surface area (TPSA) is 37.9 Å². The summed E-state index contributed by atoms with van der Waals surface area (Å²) in [7, 11) is 1.60. The van der Waals surface area contributed by atoms with Crippen LogP contribution in [-0.2, 0) is 11.3 Å². The van der Waals surface area contributed by atoms with Crippen LogP contribution in [0.5, 0.6) is 0 Å². The number of rotatable bonds is 3. The fourth-order valence-electron chi connectivity index (χ4n) is 1.53. The Labute approximate surface area is 120 Å². The highest BCUT2D eigenvalue weighted by molar-refractivity contribution is 7.71. The second kappa shape index (κ2) is 5.80. The van der Waals surface area contributed by atoms with Gasteiger partial charge in [-0.15, -0.1) is 0 Å². The molecule has 0 bridgehead atoms. The Morgan fingerprint density at radius 2 is 2.06 bits per heavy atom. The van der Waals surface area contributed by atoms with Gasteiger partial charge in [-0.2, -0.15) is 0 Å². The van der Waals surface area contributed by atoms with Crippen molar-refractivity contribution in [3.05, 3.63) is 44.8 Å². The average molecular weight is 301 g/mol. The molecule has 0 radical (unpaired) electrons. The van der Waals surface area contributed by atoms with Crippen molar-refractivity contribution in [2.45, 2.75) is 6.61 Å². The zero-order valence-electron chi connectivity index (χ0n) is 9.54. The molecule has 1 aromatic heterocycles. The molecule has 0 aliphatic carbocycles. The van der Waals surface area contributed by atoms with Crippen molar-refractivity contribution < 1.29 is 4.74 Å². The molecule has 1 heterocycles. The van der Waals surface area contributed by atoms with Crippen molar-refractivity contribution in [2.24, 2.45) is 0 Å². The van der Waals surface area contributed by atoms with Crippen LogP contribution >= 0.6 is 35.4 Å². The predicted octanol–water partition coefficient (Wildman–Crippen LogP) is 4.26. The molecule has 0 amide bonds. The molecule has 1 N–H and O–H groups in total. The molecule has 2 rings (SSSR count). The Kier molecular flexibility index (Phi) is 4.35. The van der Waals surface area contributed by atoms with Gasteiger partial charge in [-0.25, -0.2) is 4.98 Å². The summed E-state index contributed by atoms with van der Waals surface area (Å²) < 4.78 is 5.53. The molecule has 0 saturated heterocycles. The van der Waals surface area contributed by atoms with Gasteiger partial charge in [0.05, 0.1) is 10.0 Å². The Bertz CT molecular complexity index is 628. The lowest BCUT2D eigenvalue weighted by atomic mass is 10.1. The number of halogens is 2. The van der Waals surface area contributed by atoms with E-state index < -0.39 is 0 Å². The Morgan fingerprint density at radius 1 is 1.28 bits per heavy atom. The standard InChI is InChI=1S/C12H10Cl2N2OS/c1-17-6-11-15-10(5-12(18)16-11)7-2-3-8(13)9(14)4-7/h2-5H,6H2,1H3,(H,15,16,18). The molecule has 94 valence electrons. The number of methoxy groups -OCH3 is 1. The van der Waals surface area contributed by atoms with E-state index in [4.69, 9.17) is 40.2 Å². The summed E-state index contributed by atoms with van der Waals surface area (Å²) in [5.74, 6) is 0.672. The van der Waals surface area contributed by atoms with E-state index in [0.29, 0.717) is 27.1 Å². The minimum absolute atomic E-state index is 0.374. The fourth-order valence-corrected chi connectivity index (χ4v) is 2.06. The molecular formula is C12H10Cl2N2OS. The van der Waals surface area contributed by atoms with Crippen LogP contribution in [0, 0.1) is 4.64 Å². The summed E-state index contributed by atoms with van der Waals surface area (Å²) in [6, 6.07) is 7.16. The van der Waals surface area contributed by atoms with E-state index in [1.807, 2.05) is 6.07 Å². The zero-order valence-corrected chi connectivity index (χ0v) is 11.9. The van der Waals surface area contributed by atoms with Gasteiger partial charge in [0, 0.05) is 12.8 Å². The molecule has 0 aliphatic rings. The summed E-state index contributed by atoms with van der Waals surface area (Å²) in [5, 5.41) is 1.02. The molecule has 0 atom stereocenters. The van der Waals surface area contributed by atoms with Crippen LogP contribution in [0.1, 0.15) is 5.82 Å². The van der Waals surface area contributed by atoms with Gasteiger partial charge in [0.25, 0.3) is 0 Å². The quantitative estimate of drug-likeness (QED) is 0.861. The first-order chi connectivity index (χ1) is 8.60. The van der Waals surface area contributed by atoms with E-state index in [2.05, 4.69) is 9.97 Å². The van der Waals surface area contributed by atoms with Crippen LogP contribution in [0.4, 0.5) is 0 Å². The number of hydrogen-bond donors (Lipinski definition) is 1. The van der Waals surface area contributed by atoms with Crippen molar-refractivity contribution in [2.75, 3.05) is 7.11 Å². The first kappa shape index (κ1) is 13.5. The number of aromatic nitrogens is 2. The van der Waals surface area contributed by atoms with Gasteiger partial charge >= 0.3 is 0 Å². The fraction of sp³-hybridized carbons (Fsp3) is 0.167. The number of hydrogen-bond acceptors (Lipinski definition) is 3. The minimum atomic E-state index is 0.374. The highest BCUT2D eigenvalue weighted by Crippen LogP contribution is 2.27. The third kappa shape index (κ3) is 3.09. The average Bonchev–Trinajstić information content (AvgIpc) is 2.32. The molecule has 0 unspecified atom stereocenters. The monoisotopic (exact) mass is 300 g/mol. The number of H-pyrrole nitrogens is 1. The van der Waals surface area contributed by atoms with Crippen molar-refractivity contribution in [3.63, 3.8) is 0 Å². The van der Waals surface area contributed by atoms with E-state index in [1.165, 1.54) is 0 Å². The van der Waals surface area contributed by atoms with Gasteiger partial charge in [0.15, 0.2) is 0 Å². The van der Waals surface area contributed by atoms with E-state index in [1.54, 1.807) is 25.3 Å². The molecular weight excluding hydrogens is 291 g/mol. The summed E-state index contributed by atoms with van der Waals surface area (Å²) in [6.07, 6.45) is 0. The Balaban J connectivity index is 2.49. The van der Waals surface area contributed by atoms with Crippen molar-refractivity contribution in [1.29, 1.82) is 0 Å². The predicted molar refractivity (Wildman–Crippen MR) is 75.6 cm³/mol. The maximum absolute atomic E-state index is 5.99. The molecule has 0 aliphatic heterocycles. The van der Waals surface area contributed by atoms with Crippen LogP contribution in [0.3, 0.4) is 0 Å². The van der Waals surface area contributed by atoms with Crippen molar-refractivity contribution in [3.8, 4) is 11.3 Å². The number of nitrogens with zero attached hydrogens (tertiary/aromatic N) is 1. The number of benzene rings is 1. The number of nitrogens with one attached hydrogen (secondary N) is 1. The van der Waals surface area contributed by atoms with Crippen LogP contribution in [-0.4, -0.2) is 17.1 Å². The van der Waals surface area contributed by atoms with Gasteiger partial charge in [-0.1, -0.05) is 41.5 Å². The maximum atomic E-state index is 5.99. The molecule has 0 saturated carbocycles. The van der Waals surface area contributed by atoms with Crippen LogP contribution in [0.2, 0.25) is 10.0 Å². The lowest BCUT2D eigenvalue weighted by Gasteiger charge is -2.06. The third-order valence-corrected chi connectivity index (χ3v) is 3.25. The molecule has 2 aromatic rings. The lowest BCUT2D eigenvalue weighted by Crippen LogP contribution is -1.98. The SMILES string of the molecule is COCc1nc(=S)cc(-c2ccc(Cl)c(Cl)c2)[nH]1. The largest absolute Gasteiger partial charge is 0.377 e. The van der Waals surface area contributed by atoms with E-state index in [9.17, 15) is 0 Å². The Morgan fingerprint density at radius 3 is 2.72 bits per heavy atom. The highest BCUT2D eigenvalue weighted by atomic mass is 35.5. The van der Waals surface area contributed by atoms with Gasteiger partial charge in [0.1, 0.15) is 17.1 Å². The van der Waals surface area contributed by atoms with E-state index in [0.717, 1.165) is 11.3 Å². The van der Waals surface area contributed by atoms with Crippen molar-refractivity contribution >= 4 is 35.4 Å². The van der Waals surface area contributed by atoms with Crippen LogP contribution in [0.15, 0.2) is 24.3 Å². The summed E-state index contributed by atoms with van der Waals surface area (Å²) in [4.78, 5) is 7.31. The summed E-state index contributed by atoms with van der Waals surface area (Å²) in [5.41, 5.74) is 1.73. The molecule has 18 heavy (non-hydrogen) atoms. The van der Waals surface area contributed by atoms with Gasteiger partial charge < -0.3 is 9.72 Å². The second-order valence-electron chi connectivity index (χ2n) is 3.64. The normalized spacial score (nSPS) is 10.6. The smallest absolute Gasteiger partial charge is 0.134 e. The van der Waals surface area contributed by atoms with Crippen LogP contribution in [0.25, 0.3) is 11.3 Å². The maximum Gasteiger partial charge on any atom is 0.134 e. The van der Waals surface area contributed by atoms with Gasteiger partial charge in [-0.3, -0.25) is 0 Å². The van der Waals surface area contributed by atoms with Gasteiger partial charge in [-0.05, 0) is 23.8 Å². The van der Waals surface area contributed by atoms with Gasteiger partial charge in [0.2, 0.25) is 0 Å². The molecule has 0 spiro atoms. The first-order valence-corrected chi connectivity index (χ1v) is 6.31. The van der Waals surface area contributed by atoms with Crippen molar-refractivity contribution in [1.82, 2.24) is 9.97 Å². The third-order valence-electron chi connectivity index (χ3n) is 2.30. The van der Waals surface area contributed by atoms with Crippen LogP contribution < -0.4 is 0 Å². The van der Waals surface area contributed by atoms with E-state index in [-0.39, 0.29) is 0 Å². The summed E-state index contributed by atoms with van der Waals surface area (Å²) in [6.45, 7) is 0.374. The summed E-state index contributed by atoms with van der Waals surface area (Å²) >= 11 is 17.0. The molecule has 6 heteroatoms. The molecule has 3 nitrogen and oxygen atoms in total. The molecule has 0 fully saturated rings. The second-order valence-corrected chi connectivity index (χ2v) is 4.87.